The number of thioether (sulfide) groups is 1. The van der Waals surface area contributed by atoms with E-state index in [0.717, 1.165) is 37.0 Å². The van der Waals surface area contributed by atoms with Crippen molar-refractivity contribution in [3.63, 3.8) is 0 Å². The lowest BCUT2D eigenvalue weighted by molar-refractivity contribution is 0.344. The second-order valence-corrected chi connectivity index (χ2v) is 6.11. The van der Waals surface area contributed by atoms with Crippen molar-refractivity contribution in [1.29, 1.82) is 0 Å². The minimum atomic E-state index is 0.698. The van der Waals surface area contributed by atoms with Gasteiger partial charge in [-0.25, -0.2) is 0 Å². The van der Waals surface area contributed by atoms with Crippen molar-refractivity contribution in [3.05, 3.63) is 29.8 Å². The summed E-state index contributed by atoms with van der Waals surface area (Å²) in [6, 6.07) is 8.39. The summed E-state index contributed by atoms with van der Waals surface area (Å²) in [5.41, 5.74) is 1.31. The maximum Gasteiger partial charge on any atom is 0.119 e. The molecule has 0 saturated heterocycles. The van der Waals surface area contributed by atoms with Crippen molar-refractivity contribution in [3.8, 4) is 5.75 Å². The number of hydrogen-bond acceptors (Lipinski definition) is 3. The molecule has 1 aromatic carbocycles. The van der Waals surface area contributed by atoms with Gasteiger partial charge in [-0.05, 0) is 35.9 Å². The van der Waals surface area contributed by atoms with Gasteiger partial charge >= 0.3 is 0 Å². The van der Waals surface area contributed by atoms with Gasteiger partial charge in [-0.15, -0.1) is 0 Å². The molecule has 0 saturated carbocycles. The Morgan fingerprint density at radius 2 is 1.94 bits per heavy atom. The largest absolute Gasteiger partial charge is 0.493 e. The van der Waals surface area contributed by atoms with Crippen molar-refractivity contribution in [2.24, 2.45) is 5.92 Å². The topological polar surface area (TPSA) is 21.3 Å². The number of benzene rings is 1. The van der Waals surface area contributed by atoms with E-state index in [9.17, 15) is 0 Å². The van der Waals surface area contributed by atoms with Gasteiger partial charge in [0.05, 0.1) is 6.61 Å². The summed E-state index contributed by atoms with van der Waals surface area (Å²) in [4.78, 5) is 0. The van der Waals surface area contributed by atoms with E-state index in [0.29, 0.717) is 5.92 Å². The predicted octanol–water partition coefficient (Wildman–Crippen LogP) is 3.56. The summed E-state index contributed by atoms with van der Waals surface area (Å²) >= 11 is 1.91. The highest BCUT2D eigenvalue weighted by molar-refractivity contribution is 7.99. The van der Waals surface area contributed by atoms with E-state index in [1.807, 2.05) is 11.8 Å². The summed E-state index contributed by atoms with van der Waals surface area (Å²) in [5, 5.41) is 3.44. The van der Waals surface area contributed by atoms with Crippen LogP contribution in [0.3, 0.4) is 0 Å². The number of rotatable bonds is 9. The van der Waals surface area contributed by atoms with Crippen LogP contribution >= 0.6 is 11.8 Å². The average Bonchev–Trinajstić information content (AvgIpc) is 2.36. The van der Waals surface area contributed by atoms with Crippen LogP contribution in [-0.2, 0) is 6.54 Å². The lowest BCUT2D eigenvalue weighted by atomic mass is 10.2. The fourth-order valence-electron chi connectivity index (χ4n) is 1.57. The van der Waals surface area contributed by atoms with Gasteiger partial charge in [0.15, 0.2) is 0 Å². The van der Waals surface area contributed by atoms with Gasteiger partial charge in [-0.3, -0.25) is 0 Å². The Kier molecular flexibility index (Phi) is 7.94. The van der Waals surface area contributed by atoms with Crippen molar-refractivity contribution < 1.29 is 4.74 Å². The predicted molar refractivity (Wildman–Crippen MR) is 81.5 cm³/mol. The molecule has 102 valence electrons. The Bertz CT molecular complexity index is 311. The van der Waals surface area contributed by atoms with Crippen molar-refractivity contribution in [2.75, 3.05) is 24.7 Å². The summed E-state index contributed by atoms with van der Waals surface area (Å²) in [6.45, 7) is 9.40. The quantitative estimate of drug-likeness (QED) is 0.691. The third-order valence-electron chi connectivity index (χ3n) is 2.51. The molecule has 3 heteroatoms. The van der Waals surface area contributed by atoms with Gasteiger partial charge in [-0.1, -0.05) is 32.9 Å². The van der Waals surface area contributed by atoms with E-state index in [2.05, 4.69) is 50.4 Å². The van der Waals surface area contributed by atoms with Crippen LogP contribution in [0.1, 0.15) is 26.3 Å². The molecule has 0 fully saturated rings. The normalized spacial score (nSPS) is 10.9. The Morgan fingerprint density at radius 1 is 1.22 bits per heavy atom. The van der Waals surface area contributed by atoms with Crippen molar-refractivity contribution in [1.82, 2.24) is 5.32 Å². The smallest absolute Gasteiger partial charge is 0.119 e. The molecular formula is C15H25NOS. The minimum absolute atomic E-state index is 0.698. The highest BCUT2D eigenvalue weighted by Gasteiger charge is 1.97. The molecule has 1 rings (SSSR count). The Balaban J connectivity index is 2.24. The molecule has 0 unspecified atom stereocenters. The van der Waals surface area contributed by atoms with Crippen LogP contribution in [-0.4, -0.2) is 24.7 Å². The monoisotopic (exact) mass is 267 g/mol. The van der Waals surface area contributed by atoms with Crippen LogP contribution < -0.4 is 10.1 Å². The molecule has 0 heterocycles. The van der Waals surface area contributed by atoms with Crippen molar-refractivity contribution >= 4 is 11.8 Å². The molecule has 0 spiro atoms. The van der Waals surface area contributed by atoms with Crippen LogP contribution in [0, 0.1) is 5.92 Å². The first kappa shape index (κ1) is 15.4. The summed E-state index contributed by atoms with van der Waals surface area (Å²) in [5.74, 6) is 3.89. The Morgan fingerprint density at radius 3 is 2.56 bits per heavy atom. The summed E-state index contributed by atoms with van der Waals surface area (Å²) < 4.78 is 5.66. The minimum Gasteiger partial charge on any atom is -0.493 e. The van der Waals surface area contributed by atoms with Gasteiger partial charge in [0.2, 0.25) is 0 Å². The average molecular weight is 267 g/mol. The molecule has 0 aliphatic carbocycles. The molecule has 0 bridgehead atoms. The molecule has 1 N–H and O–H groups in total. The molecule has 0 aliphatic rings. The highest BCUT2D eigenvalue weighted by Crippen LogP contribution is 2.12. The van der Waals surface area contributed by atoms with Gasteiger partial charge in [0.25, 0.3) is 0 Å². The van der Waals surface area contributed by atoms with E-state index in [-0.39, 0.29) is 0 Å². The van der Waals surface area contributed by atoms with Crippen molar-refractivity contribution in [2.45, 2.75) is 27.3 Å². The highest BCUT2D eigenvalue weighted by atomic mass is 32.2. The fourth-order valence-corrected chi connectivity index (χ4v) is 2.06. The first-order chi connectivity index (χ1) is 8.72. The second kappa shape index (κ2) is 9.29. The van der Waals surface area contributed by atoms with Crippen LogP contribution in [0.2, 0.25) is 0 Å². The summed E-state index contributed by atoms with van der Waals surface area (Å²) in [6.07, 6.45) is 0. The maximum atomic E-state index is 5.66. The van der Waals surface area contributed by atoms with Crippen LogP contribution in [0.5, 0.6) is 5.75 Å². The zero-order valence-electron chi connectivity index (χ0n) is 11.7. The molecule has 18 heavy (non-hydrogen) atoms. The van der Waals surface area contributed by atoms with E-state index in [1.165, 1.54) is 5.56 Å². The van der Waals surface area contributed by atoms with E-state index in [1.54, 1.807) is 0 Å². The SMILES string of the molecule is CCSCCOc1ccc(CNCC(C)C)cc1. The standard InChI is InChI=1S/C15H25NOS/c1-4-18-10-9-17-15-7-5-14(6-8-15)12-16-11-13(2)3/h5-8,13,16H,4,9-12H2,1-3H3. The first-order valence-electron chi connectivity index (χ1n) is 6.72. The van der Waals surface area contributed by atoms with Gasteiger partial charge in [0, 0.05) is 12.3 Å². The Hall–Kier alpha value is -0.670. The third-order valence-corrected chi connectivity index (χ3v) is 3.37. The number of nitrogens with one attached hydrogen (secondary N) is 1. The van der Waals surface area contributed by atoms with Crippen LogP contribution in [0.25, 0.3) is 0 Å². The molecule has 0 amide bonds. The molecular weight excluding hydrogens is 242 g/mol. The van der Waals surface area contributed by atoms with Crippen LogP contribution in [0.15, 0.2) is 24.3 Å². The zero-order chi connectivity index (χ0) is 13.2. The number of ether oxygens (including phenoxy) is 1. The molecule has 2 nitrogen and oxygen atoms in total. The number of hydrogen-bond donors (Lipinski definition) is 1. The maximum absolute atomic E-state index is 5.66. The molecule has 0 atom stereocenters. The lowest BCUT2D eigenvalue weighted by Crippen LogP contribution is -2.18. The van der Waals surface area contributed by atoms with Gasteiger partial charge < -0.3 is 10.1 Å². The van der Waals surface area contributed by atoms with Gasteiger partial charge in [-0.2, -0.15) is 11.8 Å². The lowest BCUT2D eigenvalue weighted by Gasteiger charge is -2.09. The molecule has 1 aromatic rings. The molecule has 0 radical (unpaired) electrons. The van der Waals surface area contributed by atoms with E-state index < -0.39 is 0 Å². The third kappa shape index (κ3) is 6.92. The zero-order valence-corrected chi connectivity index (χ0v) is 12.6. The first-order valence-corrected chi connectivity index (χ1v) is 7.88. The van der Waals surface area contributed by atoms with Gasteiger partial charge in [0.1, 0.15) is 5.75 Å². The Labute approximate surface area is 116 Å². The molecule has 0 aromatic heterocycles. The summed E-state index contributed by atoms with van der Waals surface area (Å²) in [7, 11) is 0. The fraction of sp³-hybridized carbons (Fsp3) is 0.600. The van der Waals surface area contributed by atoms with E-state index >= 15 is 0 Å². The molecule has 0 aliphatic heterocycles. The second-order valence-electron chi connectivity index (χ2n) is 4.71. The van der Waals surface area contributed by atoms with Crippen LogP contribution in [0.4, 0.5) is 0 Å². The van der Waals surface area contributed by atoms with E-state index in [4.69, 9.17) is 4.74 Å².